The summed E-state index contributed by atoms with van der Waals surface area (Å²) < 4.78 is 0. The van der Waals surface area contributed by atoms with Crippen LogP contribution in [0.3, 0.4) is 0 Å². The zero-order chi connectivity index (χ0) is 12.3. The molecule has 17 heavy (non-hydrogen) atoms. The first-order chi connectivity index (χ1) is 8.16. The number of aryl methyl sites for hydroxylation is 2. The van der Waals surface area contributed by atoms with Gasteiger partial charge in [0.1, 0.15) is 0 Å². The summed E-state index contributed by atoms with van der Waals surface area (Å²) >= 11 is 0. The maximum atomic E-state index is 4.43. The van der Waals surface area contributed by atoms with Crippen LogP contribution >= 0.6 is 0 Å². The quantitative estimate of drug-likeness (QED) is 0.634. The Balaban J connectivity index is 2.14. The number of nitrogens with zero attached hydrogens (tertiary/aromatic N) is 2. The molecule has 2 aromatic rings. The molecule has 0 fully saturated rings. The number of anilines is 1. The van der Waals surface area contributed by atoms with Crippen LogP contribution < -0.4 is 5.01 Å². The summed E-state index contributed by atoms with van der Waals surface area (Å²) in [5.41, 5.74) is 4.51. The molecule has 1 aromatic heterocycles. The molecule has 0 unspecified atom stereocenters. The molecule has 0 spiro atoms. The molecule has 1 heterocycles. The van der Waals surface area contributed by atoms with E-state index in [1.165, 1.54) is 0 Å². The van der Waals surface area contributed by atoms with Crippen molar-refractivity contribution in [2.24, 2.45) is 5.10 Å². The van der Waals surface area contributed by atoms with Gasteiger partial charge in [-0.2, -0.15) is 5.10 Å². The number of rotatable bonds is 3. The second kappa shape index (κ2) is 4.87. The van der Waals surface area contributed by atoms with E-state index in [4.69, 9.17) is 0 Å². The summed E-state index contributed by atoms with van der Waals surface area (Å²) in [6, 6.07) is 12.2. The van der Waals surface area contributed by atoms with Crippen LogP contribution in [0.4, 0.5) is 5.69 Å². The van der Waals surface area contributed by atoms with E-state index in [9.17, 15) is 0 Å². The number of hydrogen-bond acceptors (Lipinski definition) is 2. The van der Waals surface area contributed by atoms with Crippen molar-refractivity contribution in [1.29, 1.82) is 0 Å². The lowest BCUT2D eigenvalue weighted by atomic mass is 10.3. The minimum absolute atomic E-state index is 1.08. The van der Waals surface area contributed by atoms with Crippen molar-refractivity contribution in [3.8, 4) is 0 Å². The van der Waals surface area contributed by atoms with Gasteiger partial charge in [0.15, 0.2) is 0 Å². The van der Waals surface area contributed by atoms with Gasteiger partial charge in [-0.15, -0.1) is 0 Å². The molecule has 0 bridgehead atoms. The van der Waals surface area contributed by atoms with Gasteiger partial charge in [0, 0.05) is 24.0 Å². The van der Waals surface area contributed by atoms with E-state index >= 15 is 0 Å². The maximum Gasteiger partial charge on any atom is 0.0590 e. The number of H-pyrrole nitrogens is 1. The zero-order valence-corrected chi connectivity index (χ0v) is 10.4. The molecule has 0 saturated carbocycles. The highest BCUT2D eigenvalue weighted by Crippen LogP contribution is 2.12. The summed E-state index contributed by atoms with van der Waals surface area (Å²) in [7, 11) is 1.95. The Hall–Kier alpha value is -2.03. The summed E-state index contributed by atoms with van der Waals surface area (Å²) in [6.45, 7) is 4.10. The summed E-state index contributed by atoms with van der Waals surface area (Å²) in [4.78, 5) is 3.26. The molecule has 0 amide bonds. The van der Waals surface area contributed by atoms with Crippen molar-refractivity contribution in [2.75, 3.05) is 12.1 Å². The second-order valence-corrected chi connectivity index (χ2v) is 4.14. The average Bonchev–Trinajstić information content (AvgIpc) is 2.66. The van der Waals surface area contributed by atoms with Crippen molar-refractivity contribution in [1.82, 2.24) is 4.98 Å². The minimum Gasteiger partial charge on any atom is -0.362 e. The fourth-order valence-electron chi connectivity index (χ4n) is 1.74. The standard InChI is InChI=1S/C14H17N3/c1-11-9-13(12(2)16-11)10-15-17(3)14-7-5-4-6-8-14/h4-10,16H,1-3H3/b15-10+. The van der Waals surface area contributed by atoms with Gasteiger partial charge in [0.05, 0.1) is 11.9 Å². The van der Waals surface area contributed by atoms with E-state index in [1.807, 2.05) is 55.5 Å². The fourth-order valence-corrected chi connectivity index (χ4v) is 1.74. The van der Waals surface area contributed by atoms with Gasteiger partial charge in [-0.3, -0.25) is 5.01 Å². The normalized spacial score (nSPS) is 11.0. The monoisotopic (exact) mass is 227 g/mol. The first-order valence-corrected chi connectivity index (χ1v) is 5.66. The van der Waals surface area contributed by atoms with Crippen molar-refractivity contribution >= 4 is 11.9 Å². The van der Waals surface area contributed by atoms with Crippen LogP contribution in [-0.2, 0) is 0 Å². The molecule has 0 aliphatic heterocycles. The van der Waals surface area contributed by atoms with Gasteiger partial charge in [-0.25, -0.2) is 0 Å². The summed E-state index contributed by atoms with van der Waals surface area (Å²) in [5, 5.41) is 6.29. The molecule has 0 radical (unpaired) electrons. The number of aromatic nitrogens is 1. The molecular weight excluding hydrogens is 210 g/mol. The van der Waals surface area contributed by atoms with Crippen LogP contribution in [0.5, 0.6) is 0 Å². The molecule has 0 saturated heterocycles. The summed E-state index contributed by atoms with van der Waals surface area (Å²) in [6.07, 6.45) is 1.88. The highest BCUT2D eigenvalue weighted by Gasteiger charge is 2.00. The number of hydrazone groups is 1. The molecule has 1 aromatic carbocycles. The van der Waals surface area contributed by atoms with E-state index in [0.29, 0.717) is 0 Å². The lowest BCUT2D eigenvalue weighted by Gasteiger charge is -2.11. The molecule has 0 aliphatic rings. The van der Waals surface area contributed by atoms with E-state index < -0.39 is 0 Å². The number of aromatic amines is 1. The van der Waals surface area contributed by atoms with Crippen LogP contribution in [0.1, 0.15) is 17.0 Å². The predicted molar refractivity (Wildman–Crippen MR) is 72.7 cm³/mol. The minimum atomic E-state index is 1.08. The van der Waals surface area contributed by atoms with Crippen molar-refractivity contribution < 1.29 is 0 Å². The first kappa shape index (κ1) is 11.5. The first-order valence-electron chi connectivity index (χ1n) is 5.66. The van der Waals surface area contributed by atoms with E-state index in [0.717, 1.165) is 22.6 Å². The third kappa shape index (κ3) is 2.75. The number of nitrogens with one attached hydrogen (secondary N) is 1. The van der Waals surface area contributed by atoms with Crippen molar-refractivity contribution in [3.05, 3.63) is 53.3 Å². The Morgan fingerprint density at radius 3 is 2.47 bits per heavy atom. The third-order valence-electron chi connectivity index (χ3n) is 2.69. The summed E-state index contributed by atoms with van der Waals surface area (Å²) in [5.74, 6) is 0. The Morgan fingerprint density at radius 1 is 1.18 bits per heavy atom. The molecule has 0 aliphatic carbocycles. The smallest absolute Gasteiger partial charge is 0.0590 e. The Bertz CT molecular complexity index is 512. The SMILES string of the molecule is Cc1cc(/C=N/N(C)c2ccccc2)c(C)[nH]1. The molecule has 2 rings (SSSR count). The fraction of sp³-hybridized carbons (Fsp3) is 0.214. The second-order valence-electron chi connectivity index (χ2n) is 4.14. The molecule has 0 atom stereocenters. The largest absolute Gasteiger partial charge is 0.362 e. The van der Waals surface area contributed by atoms with Crippen molar-refractivity contribution in [3.63, 3.8) is 0 Å². The number of para-hydroxylation sites is 1. The average molecular weight is 227 g/mol. The topological polar surface area (TPSA) is 31.4 Å². The van der Waals surface area contributed by atoms with Crippen LogP contribution in [0.25, 0.3) is 0 Å². The van der Waals surface area contributed by atoms with Gasteiger partial charge in [-0.1, -0.05) is 18.2 Å². The molecule has 3 heteroatoms. The Labute approximate surface area is 102 Å². The molecule has 1 N–H and O–H groups in total. The molecule has 88 valence electrons. The van der Waals surface area contributed by atoms with Crippen LogP contribution in [0.15, 0.2) is 41.5 Å². The third-order valence-corrected chi connectivity index (χ3v) is 2.69. The van der Waals surface area contributed by atoms with E-state index in [-0.39, 0.29) is 0 Å². The molecule has 3 nitrogen and oxygen atoms in total. The highest BCUT2D eigenvalue weighted by atomic mass is 15.4. The highest BCUT2D eigenvalue weighted by molar-refractivity contribution is 5.82. The number of benzene rings is 1. The van der Waals surface area contributed by atoms with E-state index in [1.54, 1.807) is 0 Å². The van der Waals surface area contributed by atoms with Gasteiger partial charge >= 0.3 is 0 Å². The van der Waals surface area contributed by atoms with Gasteiger partial charge in [0.25, 0.3) is 0 Å². The van der Waals surface area contributed by atoms with Gasteiger partial charge in [-0.05, 0) is 32.0 Å². The van der Waals surface area contributed by atoms with Crippen molar-refractivity contribution in [2.45, 2.75) is 13.8 Å². The van der Waals surface area contributed by atoms with Crippen LogP contribution in [0, 0.1) is 13.8 Å². The van der Waals surface area contributed by atoms with Crippen LogP contribution in [0.2, 0.25) is 0 Å². The van der Waals surface area contributed by atoms with Crippen LogP contribution in [-0.4, -0.2) is 18.2 Å². The van der Waals surface area contributed by atoms with Gasteiger partial charge < -0.3 is 4.98 Å². The molecular formula is C14H17N3. The predicted octanol–water partition coefficient (Wildman–Crippen LogP) is 3.10. The Kier molecular flexibility index (Phi) is 3.28. The maximum absolute atomic E-state index is 4.43. The van der Waals surface area contributed by atoms with E-state index in [2.05, 4.69) is 23.1 Å². The van der Waals surface area contributed by atoms with Gasteiger partial charge in [0.2, 0.25) is 0 Å². The lowest BCUT2D eigenvalue weighted by Crippen LogP contribution is -2.08. The number of hydrogen-bond donors (Lipinski definition) is 1. The Morgan fingerprint density at radius 2 is 1.88 bits per heavy atom. The zero-order valence-electron chi connectivity index (χ0n) is 10.4. The lowest BCUT2D eigenvalue weighted by molar-refractivity contribution is 1.02.